The number of hydrogen-bond acceptors (Lipinski definition) is 1. The van der Waals surface area contributed by atoms with Crippen molar-refractivity contribution in [1.29, 1.82) is 0 Å². The van der Waals surface area contributed by atoms with Gasteiger partial charge in [0.05, 0.1) is 6.04 Å². The van der Waals surface area contributed by atoms with Gasteiger partial charge < -0.3 is 0 Å². The van der Waals surface area contributed by atoms with Crippen molar-refractivity contribution in [3.05, 3.63) is 69.7 Å². The van der Waals surface area contributed by atoms with Gasteiger partial charge in [0.1, 0.15) is 0 Å². The van der Waals surface area contributed by atoms with Crippen molar-refractivity contribution in [2.45, 2.75) is 26.8 Å². The molecule has 19 heavy (non-hydrogen) atoms. The third kappa shape index (κ3) is 3.68. The summed E-state index contributed by atoms with van der Waals surface area (Å²) in [5.74, 6) is 0. The fourth-order valence-corrected chi connectivity index (χ4v) is 2.16. The minimum atomic E-state index is 0.163. The first kappa shape index (κ1) is 13.8. The Morgan fingerprint density at radius 1 is 1.05 bits per heavy atom. The van der Waals surface area contributed by atoms with Gasteiger partial charge in [0.2, 0.25) is 0 Å². The molecule has 0 saturated heterocycles. The van der Waals surface area contributed by atoms with Gasteiger partial charge in [-0.25, -0.2) is 0 Å². The molecule has 0 N–H and O–H groups in total. The van der Waals surface area contributed by atoms with Crippen LogP contribution in [0.2, 0.25) is 5.02 Å². The Morgan fingerprint density at radius 2 is 1.74 bits per heavy atom. The van der Waals surface area contributed by atoms with Crippen LogP contribution in [0, 0.1) is 13.8 Å². The monoisotopic (exact) mass is 271 g/mol. The van der Waals surface area contributed by atoms with Crippen LogP contribution in [0.5, 0.6) is 0 Å². The highest BCUT2D eigenvalue weighted by molar-refractivity contribution is 6.30. The third-order valence-electron chi connectivity index (χ3n) is 3.20. The number of rotatable bonds is 3. The number of nitrogens with zero attached hydrogens (tertiary/aromatic N) is 1. The summed E-state index contributed by atoms with van der Waals surface area (Å²) in [6, 6.07) is 14.4. The maximum Gasteiger partial charge on any atom is 0.0723 e. The molecule has 0 aliphatic heterocycles. The van der Waals surface area contributed by atoms with Crippen molar-refractivity contribution in [3.8, 4) is 0 Å². The van der Waals surface area contributed by atoms with E-state index in [9.17, 15) is 0 Å². The van der Waals surface area contributed by atoms with E-state index in [-0.39, 0.29) is 6.04 Å². The Labute approximate surface area is 120 Å². The zero-order valence-corrected chi connectivity index (χ0v) is 12.3. The predicted octanol–water partition coefficient (Wildman–Crippen LogP) is 5.14. The minimum absolute atomic E-state index is 0.163. The van der Waals surface area contributed by atoms with E-state index in [2.05, 4.69) is 44.0 Å². The van der Waals surface area contributed by atoms with Crippen molar-refractivity contribution in [2.24, 2.45) is 4.99 Å². The molecule has 0 aliphatic rings. The van der Waals surface area contributed by atoms with Crippen LogP contribution in [-0.2, 0) is 0 Å². The topological polar surface area (TPSA) is 12.4 Å². The number of aliphatic imine (C=N–C) groups is 1. The Bertz CT molecular complexity index is 585. The summed E-state index contributed by atoms with van der Waals surface area (Å²) >= 11 is 5.86. The molecule has 0 fully saturated rings. The molecule has 0 radical (unpaired) electrons. The van der Waals surface area contributed by atoms with E-state index in [0.717, 1.165) is 10.6 Å². The Balaban J connectivity index is 2.18. The normalized spacial score (nSPS) is 12.8. The van der Waals surface area contributed by atoms with Crippen molar-refractivity contribution < 1.29 is 0 Å². The van der Waals surface area contributed by atoms with Gasteiger partial charge >= 0.3 is 0 Å². The first-order chi connectivity index (χ1) is 9.06. The Morgan fingerprint density at radius 3 is 2.42 bits per heavy atom. The highest BCUT2D eigenvalue weighted by atomic mass is 35.5. The zero-order valence-electron chi connectivity index (χ0n) is 11.5. The van der Waals surface area contributed by atoms with Crippen LogP contribution in [-0.4, -0.2) is 6.21 Å². The lowest BCUT2D eigenvalue weighted by Crippen LogP contribution is -1.95. The summed E-state index contributed by atoms with van der Waals surface area (Å²) in [6.45, 7) is 6.36. The number of benzene rings is 2. The van der Waals surface area contributed by atoms with Gasteiger partial charge in [-0.1, -0.05) is 47.5 Å². The minimum Gasteiger partial charge on any atom is -0.285 e. The Hall–Kier alpha value is -1.60. The molecular weight excluding hydrogens is 254 g/mol. The number of aryl methyl sites for hydroxylation is 2. The summed E-state index contributed by atoms with van der Waals surface area (Å²) in [4.78, 5) is 4.63. The zero-order chi connectivity index (χ0) is 13.8. The first-order valence-corrected chi connectivity index (χ1v) is 6.80. The molecule has 1 atom stereocenters. The molecule has 2 rings (SSSR count). The Kier molecular flexibility index (Phi) is 4.39. The molecule has 0 spiro atoms. The van der Waals surface area contributed by atoms with Gasteiger partial charge in [-0.05, 0) is 49.6 Å². The van der Waals surface area contributed by atoms with Gasteiger partial charge in [-0.15, -0.1) is 0 Å². The van der Waals surface area contributed by atoms with Gasteiger partial charge in [0.25, 0.3) is 0 Å². The van der Waals surface area contributed by atoms with Crippen LogP contribution in [0.25, 0.3) is 0 Å². The van der Waals surface area contributed by atoms with Crippen LogP contribution < -0.4 is 0 Å². The van der Waals surface area contributed by atoms with E-state index >= 15 is 0 Å². The lowest BCUT2D eigenvalue weighted by atomic mass is 10.0. The summed E-state index contributed by atoms with van der Waals surface area (Å²) in [5, 5.41) is 0.750. The van der Waals surface area contributed by atoms with Crippen LogP contribution >= 0.6 is 11.6 Å². The van der Waals surface area contributed by atoms with Crippen LogP contribution in [0.3, 0.4) is 0 Å². The average molecular weight is 272 g/mol. The number of halogens is 1. The molecule has 1 nitrogen and oxygen atoms in total. The largest absolute Gasteiger partial charge is 0.285 e. The molecule has 2 aromatic carbocycles. The van der Waals surface area contributed by atoms with Gasteiger partial charge in [0.15, 0.2) is 0 Å². The second-order valence-corrected chi connectivity index (χ2v) is 5.30. The summed E-state index contributed by atoms with van der Waals surface area (Å²) < 4.78 is 0. The molecule has 0 amide bonds. The molecule has 98 valence electrons. The van der Waals surface area contributed by atoms with Crippen molar-refractivity contribution in [3.63, 3.8) is 0 Å². The van der Waals surface area contributed by atoms with E-state index in [4.69, 9.17) is 11.6 Å². The SMILES string of the molecule is Cc1ccc(C)c([C@H](C)N=Cc2ccc(Cl)cc2)c1. The average Bonchev–Trinajstić information content (AvgIpc) is 2.40. The molecule has 0 saturated carbocycles. The van der Waals surface area contributed by atoms with E-state index < -0.39 is 0 Å². The highest BCUT2D eigenvalue weighted by Gasteiger charge is 2.06. The van der Waals surface area contributed by atoms with Gasteiger partial charge in [-0.3, -0.25) is 4.99 Å². The smallest absolute Gasteiger partial charge is 0.0723 e. The fraction of sp³-hybridized carbons (Fsp3) is 0.235. The molecule has 0 unspecified atom stereocenters. The number of hydrogen-bond donors (Lipinski definition) is 0. The van der Waals surface area contributed by atoms with Crippen molar-refractivity contribution in [2.75, 3.05) is 0 Å². The first-order valence-electron chi connectivity index (χ1n) is 6.42. The standard InChI is InChI=1S/C17H18ClN/c1-12-4-5-13(2)17(10-12)14(3)19-11-15-6-8-16(18)9-7-15/h4-11,14H,1-3H3/t14-/m0/s1. The maximum atomic E-state index is 5.86. The predicted molar refractivity (Wildman–Crippen MR) is 83.4 cm³/mol. The molecule has 2 heteroatoms. The molecular formula is C17H18ClN. The van der Waals surface area contributed by atoms with E-state index in [1.54, 1.807) is 0 Å². The quantitative estimate of drug-likeness (QED) is 0.686. The third-order valence-corrected chi connectivity index (χ3v) is 3.45. The summed E-state index contributed by atoms with van der Waals surface area (Å²) in [5.41, 5.74) is 4.91. The molecule has 0 aliphatic carbocycles. The summed E-state index contributed by atoms with van der Waals surface area (Å²) in [7, 11) is 0. The highest BCUT2D eigenvalue weighted by Crippen LogP contribution is 2.22. The van der Waals surface area contributed by atoms with Gasteiger partial charge in [0, 0.05) is 11.2 Å². The van der Waals surface area contributed by atoms with E-state index in [0.29, 0.717) is 0 Å². The molecule has 0 aromatic heterocycles. The molecule has 2 aromatic rings. The molecule has 0 heterocycles. The second-order valence-electron chi connectivity index (χ2n) is 4.87. The van der Waals surface area contributed by atoms with Crippen LogP contribution in [0.4, 0.5) is 0 Å². The van der Waals surface area contributed by atoms with Crippen LogP contribution in [0.15, 0.2) is 47.5 Å². The second kappa shape index (κ2) is 6.03. The van der Waals surface area contributed by atoms with Crippen molar-refractivity contribution >= 4 is 17.8 Å². The lowest BCUT2D eigenvalue weighted by Gasteiger charge is -2.11. The van der Waals surface area contributed by atoms with Crippen molar-refractivity contribution in [1.82, 2.24) is 0 Å². The van der Waals surface area contributed by atoms with E-state index in [1.807, 2.05) is 30.5 Å². The van der Waals surface area contributed by atoms with Crippen LogP contribution in [0.1, 0.15) is 35.2 Å². The van der Waals surface area contributed by atoms with E-state index in [1.165, 1.54) is 16.7 Å². The fourth-order valence-electron chi connectivity index (χ4n) is 2.04. The maximum absolute atomic E-state index is 5.86. The summed E-state index contributed by atoms with van der Waals surface area (Å²) in [6.07, 6.45) is 1.91. The van der Waals surface area contributed by atoms with Gasteiger partial charge in [-0.2, -0.15) is 0 Å². The lowest BCUT2D eigenvalue weighted by molar-refractivity contribution is 0.815. The molecule has 0 bridgehead atoms.